The van der Waals surface area contributed by atoms with Gasteiger partial charge in [-0.05, 0) is 44.7 Å². The van der Waals surface area contributed by atoms with E-state index in [4.69, 9.17) is 0 Å². The fourth-order valence-corrected chi connectivity index (χ4v) is 4.44. The number of thioether (sulfide) groups is 1. The Balaban J connectivity index is 1.55. The Bertz CT molecular complexity index is 1020. The fraction of sp³-hybridized carbons (Fsp3) is 0.429. The number of benzene rings is 1. The number of likely N-dealkylation sites (tertiary alicyclic amines) is 1. The Morgan fingerprint density at radius 2 is 1.93 bits per heavy atom. The molecule has 2 aromatic heterocycles. The number of hydrogen-bond acceptors (Lipinski definition) is 5. The van der Waals surface area contributed by atoms with Crippen molar-refractivity contribution in [3.63, 3.8) is 0 Å². The van der Waals surface area contributed by atoms with Crippen molar-refractivity contribution in [3.8, 4) is 0 Å². The molecule has 7 heteroatoms. The molecule has 4 rings (SSSR count). The van der Waals surface area contributed by atoms with Gasteiger partial charge in [0.1, 0.15) is 0 Å². The van der Waals surface area contributed by atoms with Gasteiger partial charge >= 0.3 is 0 Å². The maximum Gasteiger partial charge on any atom is 0.253 e. The van der Waals surface area contributed by atoms with Gasteiger partial charge in [0.05, 0.1) is 5.75 Å². The highest BCUT2D eigenvalue weighted by atomic mass is 32.2. The second kappa shape index (κ2) is 7.91. The summed E-state index contributed by atoms with van der Waals surface area (Å²) in [5.41, 5.74) is 5.72. The van der Waals surface area contributed by atoms with E-state index in [9.17, 15) is 4.79 Å². The van der Waals surface area contributed by atoms with Crippen molar-refractivity contribution in [1.29, 1.82) is 0 Å². The molecule has 3 aromatic rings. The minimum Gasteiger partial charge on any atom is -0.342 e. The average Bonchev–Trinajstić information content (AvgIpc) is 3.33. The van der Waals surface area contributed by atoms with Gasteiger partial charge in [-0.25, -0.2) is 9.50 Å². The van der Waals surface area contributed by atoms with Gasteiger partial charge < -0.3 is 4.90 Å². The molecule has 146 valence electrons. The van der Waals surface area contributed by atoms with Gasteiger partial charge in [0, 0.05) is 30.9 Å². The summed E-state index contributed by atoms with van der Waals surface area (Å²) in [5, 5.41) is 5.21. The van der Waals surface area contributed by atoms with Crippen molar-refractivity contribution in [1.82, 2.24) is 24.5 Å². The topological polar surface area (TPSA) is 63.4 Å². The van der Waals surface area contributed by atoms with Crippen molar-refractivity contribution in [2.24, 2.45) is 0 Å². The molecule has 1 aromatic carbocycles. The van der Waals surface area contributed by atoms with Gasteiger partial charge in [-0.1, -0.05) is 41.6 Å². The van der Waals surface area contributed by atoms with Crippen LogP contribution in [0.4, 0.5) is 0 Å². The summed E-state index contributed by atoms with van der Waals surface area (Å²) in [5.74, 6) is 1.15. The Morgan fingerprint density at radius 3 is 2.68 bits per heavy atom. The van der Waals surface area contributed by atoms with E-state index in [0.29, 0.717) is 16.7 Å². The second-order valence-electron chi connectivity index (χ2n) is 7.41. The van der Waals surface area contributed by atoms with Crippen LogP contribution in [0.2, 0.25) is 0 Å². The van der Waals surface area contributed by atoms with Crippen LogP contribution in [0.3, 0.4) is 0 Å². The molecule has 1 aliphatic heterocycles. The lowest BCUT2D eigenvalue weighted by molar-refractivity contribution is -0.127. The Hall–Kier alpha value is -2.41. The van der Waals surface area contributed by atoms with Crippen molar-refractivity contribution in [2.45, 2.75) is 45.2 Å². The highest BCUT2D eigenvalue weighted by Gasteiger charge is 2.19. The third-order valence-electron chi connectivity index (χ3n) is 5.28. The highest BCUT2D eigenvalue weighted by molar-refractivity contribution is 7.99. The molecule has 0 saturated carbocycles. The largest absolute Gasteiger partial charge is 0.342 e. The van der Waals surface area contributed by atoms with Gasteiger partial charge in [0.25, 0.3) is 5.78 Å². The smallest absolute Gasteiger partial charge is 0.253 e. The summed E-state index contributed by atoms with van der Waals surface area (Å²) in [6, 6.07) is 8.54. The highest BCUT2D eigenvalue weighted by Crippen LogP contribution is 2.21. The van der Waals surface area contributed by atoms with Crippen LogP contribution >= 0.6 is 11.8 Å². The zero-order chi connectivity index (χ0) is 19.7. The van der Waals surface area contributed by atoms with E-state index in [-0.39, 0.29) is 5.91 Å². The zero-order valence-electron chi connectivity index (χ0n) is 16.6. The molecule has 3 heterocycles. The first-order valence-electron chi connectivity index (χ1n) is 9.70. The summed E-state index contributed by atoms with van der Waals surface area (Å²) in [4.78, 5) is 23.4. The number of amides is 1. The van der Waals surface area contributed by atoms with Crippen LogP contribution in [-0.2, 0) is 11.2 Å². The van der Waals surface area contributed by atoms with Crippen LogP contribution in [0.5, 0.6) is 0 Å². The van der Waals surface area contributed by atoms with Crippen LogP contribution in [-0.4, -0.2) is 49.2 Å². The summed E-state index contributed by atoms with van der Waals surface area (Å²) in [6.07, 6.45) is 3.03. The van der Waals surface area contributed by atoms with E-state index in [0.717, 1.165) is 43.7 Å². The van der Waals surface area contributed by atoms with E-state index >= 15 is 0 Å². The molecule has 28 heavy (non-hydrogen) atoms. The van der Waals surface area contributed by atoms with Gasteiger partial charge in [-0.15, -0.1) is 5.10 Å². The molecule has 0 radical (unpaired) electrons. The first kappa shape index (κ1) is 18.9. The first-order chi connectivity index (χ1) is 13.5. The van der Waals surface area contributed by atoms with Crippen LogP contribution in [0, 0.1) is 20.8 Å². The van der Waals surface area contributed by atoms with Crippen molar-refractivity contribution < 1.29 is 4.79 Å². The molecule has 6 nitrogen and oxygen atoms in total. The molecular weight excluding hydrogens is 370 g/mol. The van der Waals surface area contributed by atoms with Crippen LogP contribution in [0.15, 0.2) is 29.4 Å². The number of hydrogen-bond donors (Lipinski definition) is 0. The predicted octanol–water partition coefficient (Wildman–Crippen LogP) is 3.35. The van der Waals surface area contributed by atoms with Crippen LogP contribution in [0.1, 0.15) is 40.9 Å². The Kier molecular flexibility index (Phi) is 5.35. The van der Waals surface area contributed by atoms with E-state index in [1.807, 2.05) is 11.8 Å². The van der Waals surface area contributed by atoms with E-state index in [1.54, 1.807) is 4.52 Å². The van der Waals surface area contributed by atoms with Gasteiger partial charge in [0.2, 0.25) is 11.1 Å². The third kappa shape index (κ3) is 3.90. The number of carbonyl (C=O) groups is 1. The quantitative estimate of drug-likeness (QED) is 0.620. The predicted molar refractivity (Wildman–Crippen MR) is 111 cm³/mol. The standard InChI is InChI=1S/C21H25N5OS/c1-14-7-6-8-17(11-14)12-18-15(2)22-20-23-21(24-26(20)16(18)3)28-13-19(27)25-9-4-5-10-25/h6-8,11H,4-5,9-10,12-13H2,1-3H3. The van der Waals surface area contributed by atoms with Crippen LogP contribution < -0.4 is 0 Å². The van der Waals surface area contributed by atoms with E-state index in [2.05, 4.69) is 53.2 Å². The number of nitrogens with zero attached hydrogens (tertiary/aromatic N) is 5. The maximum absolute atomic E-state index is 12.3. The van der Waals surface area contributed by atoms with Crippen LogP contribution in [0.25, 0.3) is 5.78 Å². The Morgan fingerprint density at radius 1 is 1.14 bits per heavy atom. The summed E-state index contributed by atoms with van der Waals surface area (Å²) < 4.78 is 1.81. The summed E-state index contributed by atoms with van der Waals surface area (Å²) >= 11 is 1.39. The number of aryl methyl sites for hydroxylation is 3. The molecule has 1 fully saturated rings. The minimum absolute atomic E-state index is 0.169. The molecule has 0 aliphatic carbocycles. The summed E-state index contributed by atoms with van der Waals surface area (Å²) in [7, 11) is 0. The Labute approximate surface area is 169 Å². The number of carbonyl (C=O) groups excluding carboxylic acids is 1. The SMILES string of the molecule is Cc1cccc(Cc2c(C)nc3nc(SCC(=O)N4CCCC4)nn3c2C)c1. The average molecular weight is 396 g/mol. The molecule has 0 bridgehead atoms. The molecule has 0 atom stereocenters. The van der Waals surface area contributed by atoms with Gasteiger partial charge in [0.15, 0.2) is 0 Å². The molecule has 0 N–H and O–H groups in total. The van der Waals surface area contributed by atoms with E-state index < -0.39 is 0 Å². The third-order valence-corrected chi connectivity index (χ3v) is 6.10. The fourth-order valence-electron chi connectivity index (χ4n) is 3.72. The lowest BCUT2D eigenvalue weighted by Gasteiger charge is -2.13. The van der Waals surface area contributed by atoms with Gasteiger partial charge in [-0.3, -0.25) is 4.79 Å². The minimum atomic E-state index is 0.169. The molecule has 0 spiro atoms. The van der Waals surface area contributed by atoms with Gasteiger partial charge in [-0.2, -0.15) is 4.98 Å². The lowest BCUT2D eigenvalue weighted by atomic mass is 10.0. The molecule has 0 unspecified atom stereocenters. The molecule has 1 amide bonds. The number of fused-ring (bicyclic) bond motifs is 1. The first-order valence-corrected chi connectivity index (χ1v) is 10.7. The molecule has 1 saturated heterocycles. The molecule has 1 aliphatic rings. The normalized spacial score (nSPS) is 14.2. The van der Waals surface area contributed by atoms with Crippen molar-refractivity contribution in [3.05, 3.63) is 52.3 Å². The van der Waals surface area contributed by atoms with Crippen molar-refractivity contribution >= 4 is 23.4 Å². The number of rotatable bonds is 5. The maximum atomic E-state index is 12.3. The van der Waals surface area contributed by atoms with E-state index in [1.165, 1.54) is 28.5 Å². The monoisotopic (exact) mass is 395 g/mol. The molecular formula is C21H25N5OS. The number of aromatic nitrogens is 4. The van der Waals surface area contributed by atoms with Crippen molar-refractivity contribution in [2.75, 3.05) is 18.8 Å². The second-order valence-corrected chi connectivity index (χ2v) is 8.35. The summed E-state index contributed by atoms with van der Waals surface area (Å²) in [6.45, 7) is 7.94. The lowest BCUT2D eigenvalue weighted by Crippen LogP contribution is -2.29. The zero-order valence-corrected chi connectivity index (χ0v) is 17.4.